The van der Waals surface area contributed by atoms with Gasteiger partial charge in [-0.3, -0.25) is 9.59 Å². The van der Waals surface area contributed by atoms with Gasteiger partial charge in [0.15, 0.2) is 0 Å². The van der Waals surface area contributed by atoms with Crippen LogP contribution in [-0.4, -0.2) is 52.8 Å². The van der Waals surface area contributed by atoms with Gasteiger partial charge in [-0.25, -0.2) is 0 Å². The summed E-state index contributed by atoms with van der Waals surface area (Å²) in [6.45, 7) is 4.38. The molecule has 0 spiro atoms. The Bertz CT molecular complexity index is 865. The van der Waals surface area contributed by atoms with Gasteiger partial charge < -0.3 is 14.8 Å². The van der Waals surface area contributed by atoms with Crippen LogP contribution < -0.4 is 0 Å². The Morgan fingerprint density at radius 3 is 2.76 bits per heavy atom. The van der Waals surface area contributed by atoms with E-state index in [0.29, 0.717) is 26.1 Å². The third-order valence-corrected chi connectivity index (χ3v) is 5.27. The lowest BCUT2D eigenvalue weighted by molar-refractivity contribution is -0.138. The minimum atomic E-state index is 0.0567. The molecular formula is C20H23N3O2. The van der Waals surface area contributed by atoms with Crippen molar-refractivity contribution in [1.82, 2.24) is 14.8 Å². The molecule has 4 rings (SSSR count). The van der Waals surface area contributed by atoms with Crippen LogP contribution in [0.2, 0.25) is 0 Å². The van der Waals surface area contributed by atoms with Gasteiger partial charge in [-0.2, -0.15) is 0 Å². The molecule has 0 bridgehead atoms. The number of hydrogen-bond donors (Lipinski definition) is 1. The van der Waals surface area contributed by atoms with Crippen LogP contribution in [0.4, 0.5) is 0 Å². The molecule has 2 amide bonds. The first-order chi connectivity index (χ1) is 12.1. The number of aromatic nitrogens is 1. The van der Waals surface area contributed by atoms with Crippen molar-refractivity contribution in [3.63, 3.8) is 0 Å². The number of carbonyl (C=O) groups is 2. The maximum atomic E-state index is 12.5. The predicted octanol–water partition coefficient (Wildman–Crippen LogP) is 2.71. The molecule has 0 saturated carbocycles. The van der Waals surface area contributed by atoms with Crippen LogP contribution in [0.3, 0.4) is 0 Å². The number of nitrogens with zero attached hydrogens (tertiary/aromatic N) is 2. The fraction of sp³-hybridized carbons (Fsp3) is 0.400. The molecule has 0 unspecified atom stereocenters. The molecule has 0 radical (unpaired) electrons. The highest BCUT2D eigenvalue weighted by Gasteiger charge is 2.26. The number of aryl methyl sites for hydroxylation is 1. The van der Waals surface area contributed by atoms with E-state index in [4.69, 9.17) is 0 Å². The molecular weight excluding hydrogens is 314 g/mol. The number of rotatable bonds is 3. The van der Waals surface area contributed by atoms with Gasteiger partial charge in [0.1, 0.15) is 0 Å². The van der Waals surface area contributed by atoms with Crippen LogP contribution >= 0.6 is 0 Å². The van der Waals surface area contributed by atoms with Crippen LogP contribution in [0.15, 0.2) is 30.3 Å². The summed E-state index contributed by atoms with van der Waals surface area (Å²) < 4.78 is 0. The average Bonchev–Trinajstić information content (AvgIpc) is 3.17. The third kappa shape index (κ3) is 2.95. The molecule has 1 fully saturated rings. The van der Waals surface area contributed by atoms with E-state index < -0.39 is 0 Å². The van der Waals surface area contributed by atoms with E-state index in [1.807, 2.05) is 11.0 Å². The topological polar surface area (TPSA) is 56.4 Å². The first-order valence-electron chi connectivity index (χ1n) is 8.96. The zero-order valence-electron chi connectivity index (χ0n) is 14.5. The second-order valence-electron chi connectivity index (χ2n) is 6.91. The summed E-state index contributed by atoms with van der Waals surface area (Å²) in [6.07, 6.45) is 4.46. The van der Waals surface area contributed by atoms with Crippen LogP contribution in [0, 0.1) is 6.92 Å². The fourth-order valence-corrected chi connectivity index (χ4v) is 3.95. The van der Waals surface area contributed by atoms with E-state index >= 15 is 0 Å². The first-order valence-corrected chi connectivity index (χ1v) is 8.96. The van der Waals surface area contributed by atoms with Gasteiger partial charge in [0.2, 0.25) is 11.8 Å². The van der Waals surface area contributed by atoms with Crippen molar-refractivity contribution in [2.24, 2.45) is 0 Å². The number of para-hydroxylation sites is 1. The lowest BCUT2D eigenvalue weighted by Gasteiger charge is -2.28. The molecule has 2 aromatic rings. The monoisotopic (exact) mass is 337 g/mol. The quantitative estimate of drug-likeness (QED) is 0.936. The van der Waals surface area contributed by atoms with E-state index in [2.05, 4.69) is 36.2 Å². The minimum Gasteiger partial charge on any atom is -0.358 e. The van der Waals surface area contributed by atoms with Gasteiger partial charge in [0.25, 0.3) is 0 Å². The number of nitrogens with one attached hydrogen (secondary N) is 1. The summed E-state index contributed by atoms with van der Waals surface area (Å²) in [5.41, 5.74) is 4.91. The Labute approximate surface area is 147 Å². The maximum absolute atomic E-state index is 12.5. The van der Waals surface area contributed by atoms with Gasteiger partial charge in [-0.15, -0.1) is 0 Å². The largest absolute Gasteiger partial charge is 0.358 e. The summed E-state index contributed by atoms with van der Waals surface area (Å²) >= 11 is 0. The smallest absolute Gasteiger partial charge is 0.242 e. The molecule has 1 N–H and O–H groups in total. The summed E-state index contributed by atoms with van der Waals surface area (Å²) in [5, 5.41) is 1.24. The highest BCUT2D eigenvalue weighted by molar-refractivity contribution is 5.95. The minimum absolute atomic E-state index is 0.0567. The van der Waals surface area contributed by atoms with E-state index in [-0.39, 0.29) is 18.4 Å². The lowest BCUT2D eigenvalue weighted by atomic mass is 9.96. The van der Waals surface area contributed by atoms with Crippen molar-refractivity contribution >= 4 is 28.3 Å². The number of hydrogen-bond acceptors (Lipinski definition) is 2. The molecule has 2 aliphatic rings. The zero-order chi connectivity index (χ0) is 17.4. The number of amides is 2. The zero-order valence-corrected chi connectivity index (χ0v) is 14.5. The third-order valence-electron chi connectivity index (χ3n) is 5.27. The molecule has 5 nitrogen and oxygen atoms in total. The van der Waals surface area contributed by atoms with Gasteiger partial charge in [0, 0.05) is 48.2 Å². The standard InChI is InChI=1S/C20H23N3O2/c1-14-20(16-5-2-3-6-17(16)21-14)15-8-11-22(12-9-15)19(25)13-23-10-4-7-18(23)24/h2-3,5-6,8,21H,4,7,9-13H2,1H3. The van der Waals surface area contributed by atoms with Crippen molar-refractivity contribution in [2.75, 3.05) is 26.2 Å². The molecule has 1 saturated heterocycles. The van der Waals surface area contributed by atoms with Crippen LogP contribution in [0.1, 0.15) is 30.5 Å². The highest BCUT2D eigenvalue weighted by Crippen LogP contribution is 2.32. The molecule has 3 heterocycles. The van der Waals surface area contributed by atoms with E-state index in [1.165, 1.54) is 22.2 Å². The summed E-state index contributed by atoms with van der Waals surface area (Å²) in [4.78, 5) is 31.2. The van der Waals surface area contributed by atoms with Crippen LogP contribution in [0.5, 0.6) is 0 Å². The number of H-pyrrole nitrogens is 1. The Hall–Kier alpha value is -2.56. The molecule has 5 heteroatoms. The van der Waals surface area contributed by atoms with Gasteiger partial charge >= 0.3 is 0 Å². The van der Waals surface area contributed by atoms with Crippen molar-refractivity contribution in [1.29, 1.82) is 0 Å². The second-order valence-corrected chi connectivity index (χ2v) is 6.91. The summed E-state index contributed by atoms with van der Waals surface area (Å²) in [5.74, 6) is 0.164. The highest BCUT2D eigenvalue weighted by atomic mass is 16.2. The van der Waals surface area contributed by atoms with Gasteiger partial charge in [0.05, 0.1) is 6.54 Å². The number of aromatic amines is 1. The van der Waals surface area contributed by atoms with Crippen LogP contribution in [0.25, 0.3) is 16.5 Å². The summed E-state index contributed by atoms with van der Waals surface area (Å²) in [6, 6.07) is 8.34. The van der Waals surface area contributed by atoms with Crippen molar-refractivity contribution < 1.29 is 9.59 Å². The predicted molar refractivity (Wildman–Crippen MR) is 98.0 cm³/mol. The Morgan fingerprint density at radius 1 is 1.20 bits per heavy atom. The van der Waals surface area contributed by atoms with Crippen molar-refractivity contribution in [3.05, 3.63) is 41.6 Å². The molecule has 1 aromatic heterocycles. The molecule has 1 aromatic carbocycles. The van der Waals surface area contributed by atoms with Gasteiger partial charge in [-0.1, -0.05) is 24.3 Å². The molecule has 25 heavy (non-hydrogen) atoms. The van der Waals surface area contributed by atoms with E-state index in [9.17, 15) is 9.59 Å². The summed E-state index contributed by atoms with van der Waals surface area (Å²) in [7, 11) is 0. The number of fused-ring (bicyclic) bond motifs is 1. The van der Waals surface area contributed by atoms with E-state index in [0.717, 1.165) is 18.4 Å². The van der Waals surface area contributed by atoms with Crippen molar-refractivity contribution in [3.8, 4) is 0 Å². The molecule has 2 aliphatic heterocycles. The Kier molecular flexibility index (Phi) is 4.07. The van der Waals surface area contributed by atoms with E-state index in [1.54, 1.807) is 4.90 Å². The molecule has 0 atom stereocenters. The van der Waals surface area contributed by atoms with Crippen molar-refractivity contribution in [2.45, 2.75) is 26.2 Å². The number of likely N-dealkylation sites (tertiary alicyclic amines) is 1. The fourth-order valence-electron chi connectivity index (χ4n) is 3.95. The molecule has 0 aliphatic carbocycles. The number of carbonyl (C=O) groups excluding carboxylic acids is 2. The normalized spacial score (nSPS) is 18.1. The van der Waals surface area contributed by atoms with Gasteiger partial charge in [-0.05, 0) is 31.4 Å². The van der Waals surface area contributed by atoms with Crippen LogP contribution in [-0.2, 0) is 9.59 Å². The molecule has 130 valence electrons. The maximum Gasteiger partial charge on any atom is 0.242 e. The lowest BCUT2D eigenvalue weighted by Crippen LogP contribution is -2.42. The second kappa shape index (κ2) is 6.39. The first kappa shape index (κ1) is 15.9. The average molecular weight is 337 g/mol. The Morgan fingerprint density at radius 2 is 2.04 bits per heavy atom. The SMILES string of the molecule is Cc1[nH]c2ccccc2c1C1=CCN(C(=O)CN2CCCC2=O)CC1. The Balaban J connectivity index is 1.49. The number of benzene rings is 1.